The maximum Gasteiger partial charge on any atom is 0.165 e. The number of benzene rings is 2. The smallest absolute Gasteiger partial charge is 0.165 e. The normalized spacial score (nSPS) is 10.3. The molecule has 0 saturated carbocycles. The summed E-state index contributed by atoms with van der Waals surface area (Å²) in [7, 11) is 0. The summed E-state index contributed by atoms with van der Waals surface area (Å²) in [5.74, 6) is -0.118. The lowest BCUT2D eigenvalue weighted by Gasteiger charge is -2.12. The van der Waals surface area contributed by atoms with Gasteiger partial charge >= 0.3 is 0 Å². The van der Waals surface area contributed by atoms with Crippen LogP contribution in [0, 0.1) is 5.82 Å². The number of para-hydroxylation sites is 1. The van der Waals surface area contributed by atoms with Crippen LogP contribution in [0.1, 0.15) is 6.92 Å². The van der Waals surface area contributed by atoms with Gasteiger partial charge in [-0.1, -0.05) is 41.9 Å². The Morgan fingerprint density at radius 1 is 1.06 bits per heavy atom. The first-order valence-electron chi connectivity index (χ1n) is 5.40. The van der Waals surface area contributed by atoms with Crippen LogP contribution in [0.4, 0.5) is 4.39 Å². The molecule has 0 N–H and O–H groups in total. The van der Waals surface area contributed by atoms with Crippen molar-refractivity contribution >= 4 is 11.6 Å². The molecule has 3 heteroatoms. The highest BCUT2D eigenvalue weighted by molar-refractivity contribution is 6.33. The second-order valence-corrected chi connectivity index (χ2v) is 3.94. The molecule has 2 rings (SSSR count). The molecule has 0 atom stereocenters. The minimum atomic E-state index is -0.371. The summed E-state index contributed by atoms with van der Waals surface area (Å²) >= 11 is 6.11. The Labute approximate surface area is 105 Å². The van der Waals surface area contributed by atoms with Crippen LogP contribution in [0.5, 0.6) is 5.75 Å². The van der Waals surface area contributed by atoms with E-state index in [1.54, 1.807) is 18.2 Å². The van der Waals surface area contributed by atoms with E-state index in [-0.39, 0.29) is 11.6 Å². The van der Waals surface area contributed by atoms with Gasteiger partial charge in [-0.05, 0) is 19.1 Å². The van der Waals surface area contributed by atoms with Gasteiger partial charge < -0.3 is 4.74 Å². The maximum absolute atomic E-state index is 13.7. The SMILES string of the molecule is CCOc1c(F)cccc1-c1ccccc1Cl. The molecular formula is C14H12ClFO. The van der Waals surface area contributed by atoms with E-state index in [1.807, 2.05) is 25.1 Å². The van der Waals surface area contributed by atoms with Gasteiger partial charge in [0, 0.05) is 16.1 Å². The molecule has 0 aliphatic heterocycles. The van der Waals surface area contributed by atoms with Crippen molar-refractivity contribution in [1.82, 2.24) is 0 Å². The lowest BCUT2D eigenvalue weighted by atomic mass is 10.0. The Morgan fingerprint density at radius 2 is 1.76 bits per heavy atom. The first kappa shape index (κ1) is 11.9. The van der Waals surface area contributed by atoms with Gasteiger partial charge in [-0.3, -0.25) is 0 Å². The van der Waals surface area contributed by atoms with Gasteiger partial charge in [0.2, 0.25) is 0 Å². The number of ether oxygens (including phenoxy) is 1. The van der Waals surface area contributed by atoms with E-state index in [4.69, 9.17) is 16.3 Å². The van der Waals surface area contributed by atoms with Crippen LogP contribution in [-0.4, -0.2) is 6.61 Å². The molecule has 0 spiro atoms. The summed E-state index contributed by atoms with van der Waals surface area (Å²) in [6.07, 6.45) is 0. The highest BCUT2D eigenvalue weighted by Gasteiger charge is 2.13. The van der Waals surface area contributed by atoms with Gasteiger partial charge in [-0.15, -0.1) is 0 Å². The summed E-state index contributed by atoms with van der Waals surface area (Å²) in [4.78, 5) is 0. The van der Waals surface area contributed by atoms with E-state index < -0.39 is 0 Å². The standard InChI is InChI=1S/C14H12ClFO/c1-2-17-14-11(7-5-9-13(14)16)10-6-3-4-8-12(10)15/h3-9H,2H2,1H3. The van der Waals surface area contributed by atoms with Crippen LogP contribution in [0.15, 0.2) is 42.5 Å². The molecule has 1 nitrogen and oxygen atoms in total. The summed E-state index contributed by atoms with van der Waals surface area (Å²) in [5, 5.41) is 0.582. The van der Waals surface area contributed by atoms with Crippen LogP contribution in [0.2, 0.25) is 5.02 Å². The summed E-state index contributed by atoms with van der Waals surface area (Å²) in [6, 6.07) is 12.2. The summed E-state index contributed by atoms with van der Waals surface area (Å²) in [6.45, 7) is 2.24. The van der Waals surface area contributed by atoms with Crippen molar-refractivity contribution in [3.63, 3.8) is 0 Å². The van der Waals surface area contributed by atoms with Crippen LogP contribution in [-0.2, 0) is 0 Å². The van der Waals surface area contributed by atoms with Gasteiger partial charge in [-0.25, -0.2) is 4.39 Å². The fourth-order valence-corrected chi connectivity index (χ4v) is 1.93. The minimum absolute atomic E-state index is 0.253. The number of halogens is 2. The fourth-order valence-electron chi connectivity index (χ4n) is 1.69. The largest absolute Gasteiger partial charge is 0.490 e. The third kappa shape index (κ3) is 2.42. The first-order chi connectivity index (χ1) is 8.24. The number of rotatable bonds is 3. The molecule has 0 aliphatic rings. The maximum atomic E-state index is 13.7. The molecule has 0 heterocycles. The Balaban J connectivity index is 2.59. The van der Waals surface area contributed by atoms with Crippen molar-refractivity contribution in [2.24, 2.45) is 0 Å². The zero-order chi connectivity index (χ0) is 12.3. The van der Waals surface area contributed by atoms with Gasteiger partial charge in [0.1, 0.15) is 0 Å². The van der Waals surface area contributed by atoms with Crippen molar-refractivity contribution in [2.45, 2.75) is 6.92 Å². The van der Waals surface area contributed by atoms with Gasteiger partial charge in [0.15, 0.2) is 11.6 Å². The monoisotopic (exact) mass is 250 g/mol. The molecule has 0 bridgehead atoms. The Morgan fingerprint density at radius 3 is 2.47 bits per heavy atom. The highest BCUT2D eigenvalue weighted by atomic mass is 35.5. The van der Waals surface area contributed by atoms with Gasteiger partial charge in [-0.2, -0.15) is 0 Å². The van der Waals surface area contributed by atoms with Crippen LogP contribution < -0.4 is 4.74 Å². The minimum Gasteiger partial charge on any atom is -0.490 e. The highest BCUT2D eigenvalue weighted by Crippen LogP contribution is 2.36. The Kier molecular flexibility index (Phi) is 3.64. The average molecular weight is 251 g/mol. The van der Waals surface area contributed by atoms with Crippen LogP contribution in [0.25, 0.3) is 11.1 Å². The van der Waals surface area contributed by atoms with Crippen LogP contribution in [0.3, 0.4) is 0 Å². The van der Waals surface area contributed by atoms with Crippen molar-refractivity contribution in [2.75, 3.05) is 6.61 Å². The Hall–Kier alpha value is -1.54. The molecule has 0 unspecified atom stereocenters. The predicted molar refractivity (Wildman–Crippen MR) is 68.0 cm³/mol. The molecule has 0 saturated heterocycles. The third-order valence-corrected chi connectivity index (χ3v) is 2.75. The molecule has 0 aromatic heterocycles. The van der Waals surface area contributed by atoms with E-state index in [1.165, 1.54) is 6.07 Å². The number of hydrogen-bond acceptors (Lipinski definition) is 1. The van der Waals surface area contributed by atoms with Crippen molar-refractivity contribution < 1.29 is 9.13 Å². The predicted octanol–water partition coefficient (Wildman–Crippen LogP) is 4.54. The molecule has 0 aliphatic carbocycles. The zero-order valence-corrected chi connectivity index (χ0v) is 10.2. The molecule has 2 aromatic carbocycles. The molecule has 88 valence electrons. The van der Waals surface area contributed by atoms with Crippen LogP contribution >= 0.6 is 11.6 Å². The van der Waals surface area contributed by atoms with Gasteiger partial charge in [0.25, 0.3) is 0 Å². The van der Waals surface area contributed by atoms with E-state index in [9.17, 15) is 4.39 Å². The van der Waals surface area contributed by atoms with E-state index in [2.05, 4.69) is 0 Å². The summed E-state index contributed by atoms with van der Waals surface area (Å²) < 4.78 is 19.0. The molecule has 2 aromatic rings. The second kappa shape index (κ2) is 5.19. The zero-order valence-electron chi connectivity index (χ0n) is 9.41. The molecule has 0 fully saturated rings. The van der Waals surface area contributed by atoms with E-state index in [0.29, 0.717) is 17.2 Å². The quantitative estimate of drug-likeness (QED) is 0.777. The molecule has 0 radical (unpaired) electrons. The molecular weight excluding hydrogens is 239 g/mol. The van der Waals surface area contributed by atoms with E-state index >= 15 is 0 Å². The fraction of sp³-hybridized carbons (Fsp3) is 0.143. The second-order valence-electron chi connectivity index (χ2n) is 3.53. The topological polar surface area (TPSA) is 9.23 Å². The van der Waals surface area contributed by atoms with Crippen molar-refractivity contribution in [3.05, 3.63) is 53.3 Å². The van der Waals surface area contributed by atoms with Gasteiger partial charge in [0.05, 0.1) is 6.61 Å². The average Bonchev–Trinajstić information content (AvgIpc) is 2.33. The lowest BCUT2D eigenvalue weighted by Crippen LogP contribution is -1.97. The lowest BCUT2D eigenvalue weighted by molar-refractivity contribution is 0.323. The first-order valence-corrected chi connectivity index (χ1v) is 5.78. The van der Waals surface area contributed by atoms with E-state index in [0.717, 1.165) is 5.56 Å². The molecule has 0 amide bonds. The van der Waals surface area contributed by atoms with Crippen molar-refractivity contribution in [3.8, 4) is 16.9 Å². The summed E-state index contributed by atoms with van der Waals surface area (Å²) in [5.41, 5.74) is 1.45. The Bertz CT molecular complexity index is 525. The third-order valence-electron chi connectivity index (χ3n) is 2.42. The number of hydrogen-bond donors (Lipinski definition) is 0. The molecule has 17 heavy (non-hydrogen) atoms. The van der Waals surface area contributed by atoms with Crippen molar-refractivity contribution in [1.29, 1.82) is 0 Å².